The predicted octanol–water partition coefficient (Wildman–Crippen LogP) is 4.16. The van der Waals surface area contributed by atoms with Gasteiger partial charge in [-0.15, -0.1) is 0 Å². The van der Waals surface area contributed by atoms with Crippen molar-refractivity contribution < 1.29 is 4.79 Å². The average Bonchev–Trinajstić information content (AvgIpc) is 3.10. The van der Waals surface area contributed by atoms with Crippen LogP contribution in [0.3, 0.4) is 0 Å². The molecule has 3 heterocycles. The molecule has 1 aliphatic rings. The maximum Gasteiger partial charge on any atom is 0.229 e. The summed E-state index contributed by atoms with van der Waals surface area (Å²) in [5, 5.41) is 4.09. The van der Waals surface area contributed by atoms with Gasteiger partial charge in [-0.3, -0.25) is 4.79 Å². The minimum absolute atomic E-state index is 0.0244. The number of pyridine rings is 1. The van der Waals surface area contributed by atoms with E-state index in [0.717, 1.165) is 46.1 Å². The van der Waals surface area contributed by atoms with Crippen LogP contribution in [0.5, 0.6) is 0 Å². The van der Waals surface area contributed by atoms with E-state index in [0.29, 0.717) is 6.54 Å². The third kappa shape index (κ3) is 3.29. The molecule has 0 unspecified atom stereocenters. The summed E-state index contributed by atoms with van der Waals surface area (Å²) in [7, 11) is 0. The summed E-state index contributed by atoms with van der Waals surface area (Å²) in [5.41, 5.74) is 4.16. The molecule has 4 rings (SSSR count). The van der Waals surface area contributed by atoms with Crippen LogP contribution in [0.15, 0.2) is 36.5 Å². The Labute approximate surface area is 157 Å². The summed E-state index contributed by atoms with van der Waals surface area (Å²) in [6, 6.07) is 9.91. The molecular weight excluding hydrogens is 344 g/mol. The van der Waals surface area contributed by atoms with Gasteiger partial charge in [0.05, 0.1) is 5.92 Å². The molecule has 0 spiro atoms. The second kappa shape index (κ2) is 7.03. The number of thiazole rings is 1. The number of hydrogen-bond donors (Lipinski definition) is 1. The van der Waals surface area contributed by atoms with Gasteiger partial charge in [0.15, 0.2) is 5.13 Å². The fraction of sp³-hybridized carbons (Fsp3) is 0.350. The number of anilines is 2. The summed E-state index contributed by atoms with van der Waals surface area (Å²) in [6.45, 7) is 5.75. The number of piperidine rings is 1. The highest BCUT2D eigenvalue weighted by Crippen LogP contribution is 2.31. The fourth-order valence-corrected chi connectivity index (χ4v) is 4.32. The van der Waals surface area contributed by atoms with Crippen molar-refractivity contribution in [2.45, 2.75) is 26.7 Å². The first kappa shape index (κ1) is 17.0. The molecule has 1 atom stereocenters. The van der Waals surface area contributed by atoms with Gasteiger partial charge in [-0.25, -0.2) is 9.97 Å². The van der Waals surface area contributed by atoms with Crippen molar-refractivity contribution in [2.24, 2.45) is 5.92 Å². The summed E-state index contributed by atoms with van der Waals surface area (Å²) < 4.78 is 0. The van der Waals surface area contributed by atoms with E-state index in [1.165, 1.54) is 5.56 Å². The number of aromatic nitrogens is 2. The molecule has 6 heteroatoms. The minimum atomic E-state index is -0.0244. The van der Waals surface area contributed by atoms with Crippen LogP contribution in [0.4, 0.5) is 10.8 Å². The molecule has 0 radical (unpaired) electrons. The maximum atomic E-state index is 12.8. The van der Waals surface area contributed by atoms with Gasteiger partial charge in [0.1, 0.15) is 10.3 Å². The van der Waals surface area contributed by atoms with Gasteiger partial charge in [0.25, 0.3) is 0 Å². The van der Waals surface area contributed by atoms with Gasteiger partial charge in [-0.2, -0.15) is 0 Å². The molecule has 1 fully saturated rings. The van der Waals surface area contributed by atoms with Crippen LogP contribution in [0.25, 0.3) is 10.3 Å². The first-order valence-corrected chi connectivity index (χ1v) is 9.77. The molecule has 1 saturated heterocycles. The number of rotatable bonds is 3. The van der Waals surface area contributed by atoms with Gasteiger partial charge in [-0.1, -0.05) is 23.5 Å². The van der Waals surface area contributed by atoms with Crippen LogP contribution in [0.2, 0.25) is 0 Å². The smallest absolute Gasteiger partial charge is 0.229 e. The zero-order valence-electron chi connectivity index (χ0n) is 15.0. The number of benzene rings is 1. The Bertz CT molecular complexity index is 919. The SMILES string of the molecule is Cc1cccc(NC(=O)[C@H]2CCCN(c3nc4cccnc4s3)C2)c1C. The molecule has 0 aliphatic carbocycles. The minimum Gasteiger partial charge on any atom is -0.347 e. The Morgan fingerprint density at radius 3 is 3.00 bits per heavy atom. The number of aryl methyl sites for hydroxylation is 1. The second-order valence-electron chi connectivity index (χ2n) is 6.85. The van der Waals surface area contributed by atoms with Crippen molar-refractivity contribution in [1.82, 2.24) is 9.97 Å². The van der Waals surface area contributed by atoms with Gasteiger partial charge in [0, 0.05) is 25.0 Å². The standard InChI is InChI=1S/C20H22N4OS/c1-13-6-3-8-16(14(13)2)22-18(25)15-7-5-11-24(12-15)20-23-17-9-4-10-21-19(17)26-20/h3-4,6,8-10,15H,5,7,11-12H2,1-2H3,(H,22,25)/t15-/m0/s1. The lowest BCUT2D eigenvalue weighted by Crippen LogP contribution is -2.40. The lowest BCUT2D eigenvalue weighted by Gasteiger charge is -2.31. The third-order valence-electron chi connectivity index (χ3n) is 5.08. The summed E-state index contributed by atoms with van der Waals surface area (Å²) in [6.07, 6.45) is 3.70. The number of nitrogens with one attached hydrogen (secondary N) is 1. The van der Waals surface area contributed by atoms with Crippen molar-refractivity contribution in [2.75, 3.05) is 23.3 Å². The van der Waals surface area contributed by atoms with E-state index >= 15 is 0 Å². The molecule has 1 N–H and O–H groups in total. The summed E-state index contributed by atoms with van der Waals surface area (Å²) in [5.74, 6) is 0.0752. The van der Waals surface area contributed by atoms with E-state index in [-0.39, 0.29) is 11.8 Å². The largest absolute Gasteiger partial charge is 0.347 e. The van der Waals surface area contributed by atoms with Crippen molar-refractivity contribution >= 4 is 38.4 Å². The maximum absolute atomic E-state index is 12.8. The molecule has 26 heavy (non-hydrogen) atoms. The number of fused-ring (bicyclic) bond motifs is 1. The monoisotopic (exact) mass is 366 g/mol. The molecule has 1 aromatic carbocycles. The van der Waals surface area contributed by atoms with Gasteiger partial charge >= 0.3 is 0 Å². The zero-order valence-corrected chi connectivity index (χ0v) is 15.8. The van der Waals surface area contributed by atoms with Crippen LogP contribution in [0, 0.1) is 19.8 Å². The quantitative estimate of drug-likeness (QED) is 0.756. The highest BCUT2D eigenvalue weighted by molar-refractivity contribution is 7.21. The molecule has 0 bridgehead atoms. The molecule has 5 nitrogen and oxygen atoms in total. The molecular formula is C20H22N4OS. The van der Waals surface area contributed by atoms with Crippen LogP contribution >= 0.6 is 11.3 Å². The first-order valence-electron chi connectivity index (χ1n) is 8.95. The Morgan fingerprint density at radius 1 is 1.27 bits per heavy atom. The number of carbonyl (C=O) groups is 1. The van der Waals surface area contributed by atoms with Crippen LogP contribution in [0.1, 0.15) is 24.0 Å². The normalized spacial score (nSPS) is 17.5. The van der Waals surface area contributed by atoms with E-state index in [9.17, 15) is 4.79 Å². The Kier molecular flexibility index (Phi) is 4.59. The van der Waals surface area contributed by atoms with Crippen LogP contribution in [-0.2, 0) is 4.79 Å². The van der Waals surface area contributed by atoms with Crippen LogP contribution < -0.4 is 10.2 Å². The van der Waals surface area contributed by atoms with Gasteiger partial charge < -0.3 is 10.2 Å². The molecule has 1 amide bonds. The molecule has 1 aliphatic heterocycles. The second-order valence-corrected chi connectivity index (χ2v) is 7.80. The predicted molar refractivity (Wildman–Crippen MR) is 107 cm³/mol. The van der Waals surface area contributed by atoms with Crippen molar-refractivity contribution in [1.29, 1.82) is 0 Å². The Morgan fingerprint density at radius 2 is 2.15 bits per heavy atom. The van der Waals surface area contributed by atoms with Gasteiger partial charge in [0.2, 0.25) is 5.91 Å². The molecule has 3 aromatic rings. The number of nitrogens with zero attached hydrogens (tertiary/aromatic N) is 3. The fourth-order valence-electron chi connectivity index (χ4n) is 3.38. The van der Waals surface area contributed by atoms with E-state index in [2.05, 4.69) is 28.2 Å². The lowest BCUT2D eigenvalue weighted by molar-refractivity contribution is -0.120. The van der Waals surface area contributed by atoms with E-state index in [1.807, 2.05) is 31.2 Å². The van der Waals surface area contributed by atoms with Crippen LogP contribution in [-0.4, -0.2) is 29.0 Å². The number of hydrogen-bond acceptors (Lipinski definition) is 5. The van der Waals surface area contributed by atoms with E-state index in [4.69, 9.17) is 4.98 Å². The zero-order chi connectivity index (χ0) is 18.1. The summed E-state index contributed by atoms with van der Waals surface area (Å²) in [4.78, 5) is 25.1. The molecule has 2 aromatic heterocycles. The average molecular weight is 366 g/mol. The van der Waals surface area contributed by atoms with Crippen molar-refractivity contribution in [3.8, 4) is 0 Å². The third-order valence-corrected chi connectivity index (χ3v) is 6.12. The molecule has 134 valence electrons. The van der Waals surface area contributed by atoms with E-state index < -0.39 is 0 Å². The Hall–Kier alpha value is -2.47. The highest BCUT2D eigenvalue weighted by atomic mass is 32.1. The first-order chi connectivity index (χ1) is 12.6. The number of carbonyl (C=O) groups excluding carboxylic acids is 1. The Balaban J connectivity index is 1.49. The van der Waals surface area contributed by atoms with Crippen molar-refractivity contribution in [3.63, 3.8) is 0 Å². The number of amides is 1. The lowest BCUT2D eigenvalue weighted by atomic mass is 9.97. The highest BCUT2D eigenvalue weighted by Gasteiger charge is 2.28. The van der Waals surface area contributed by atoms with E-state index in [1.54, 1.807) is 17.5 Å². The summed E-state index contributed by atoms with van der Waals surface area (Å²) >= 11 is 1.60. The van der Waals surface area contributed by atoms with Crippen molar-refractivity contribution in [3.05, 3.63) is 47.7 Å². The van der Waals surface area contributed by atoms with Gasteiger partial charge in [-0.05, 0) is 56.0 Å². The molecule has 0 saturated carbocycles. The topological polar surface area (TPSA) is 58.1 Å².